The molecule has 0 radical (unpaired) electrons. The van der Waals surface area contributed by atoms with E-state index in [-0.39, 0.29) is 11.7 Å². The summed E-state index contributed by atoms with van der Waals surface area (Å²) in [4.78, 5) is 10.2. The van der Waals surface area contributed by atoms with Crippen molar-refractivity contribution in [2.45, 2.75) is 64.0 Å². The molecule has 0 bridgehead atoms. The summed E-state index contributed by atoms with van der Waals surface area (Å²) in [7, 11) is 0. The fourth-order valence-electron chi connectivity index (χ4n) is 5.07. The first-order valence-electron chi connectivity index (χ1n) is 12.0. The highest BCUT2D eigenvalue weighted by molar-refractivity contribution is 6.04. The predicted octanol–water partition coefficient (Wildman–Crippen LogP) is 6.08. The minimum Gasteiger partial charge on any atom is -0.379 e. The van der Waals surface area contributed by atoms with Gasteiger partial charge in [0.05, 0.1) is 23.0 Å². The molecule has 1 saturated carbocycles. The minimum atomic E-state index is -0.971. The van der Waals surface area contributed by atoms with Gasteiger partial charge < -0.3 is 9.36 Å². The van der Waals surface area contributed by atoms with E-state index >= 15 is 0 Å². The number of rotatable bonds is 5. The van der Waals surface area contributed by atoms with Crippen LogP contribution in [0.2, 0.25) is 0 Å². The van der Waals surface area contributed by atoms with Crippen LogP contribution < -0.4 is 0 Å². The van der Waals surface area contributed by atoms with E-state index in [1.807, 2.05) is 6.92 Å². The predicted molar refractivity (Wildman–Crippen MR) is 126 cm³/mol. The first kappa shape index (κ1) is 21.9. The zero-order chi connectivity index (χ0) is 24.2. The number of aromatic nitrogens is 4. The molecule has 6 rings (SSSR count). The monoisotopic (exact) mass is 477 g/mol. The van der Waals surface area contributed by atoms with Gasteiger partial charge in [-0.05, 0) is 50.5 Å². The molecule has 2 aromatic carbocycles. The SMILES string of the molecule is CCc1nn(C2CCCC2)c2cc(C3=NOC(C)(c4nc(-c5ccc(F)c(F)c5)no4)C3)ccc12. The average molecular weight is 478 g/mol. The van der Waals surface area contributed by atoms with Crippen molar-refractivity contribution in [1.82, 2.24) is 19.9 Å². The van der Waals surface area contributed by atoms with Gasteiger partial charge in [0.2, 0.25) is 11.4 Å². The van der Waals surface area contributed by atoms with Crippen LogP contribution in [0.4, 0.5) is 8.78 Å². The second-order valence-electron chi connectivity index (χ2n) is 9.50. The highest BCUT2D eigenvalue weighted by atomic mass is 19.2. The molecule has 1 fully saturated rings. The Kier molecular flexibility index (Phi) is 5.16. The van der Waals surface area contributed by atoms with Crippen molar-refractivity contribution in [1.29, 1.82) is 0 Å². The maximum absolute atomic E-state index is 13.6. The molecule has 180 valence electrons. The molecule has 4 aromatic rings. The van der Waals surface area contributed by atoms with Crippen LogP contribution in [0.3, 0.4) is 0 Å². The van der Waals surface area contributed by atoms with Crippen molar-refractivity contribution >= 4 is 16.6 Å². The molecule has 7 nitrogen and oxygen atoms in total. The molecule has 0 N–H and O–H groups in total. The lowest BCUT2D eigenvalue weighted by molar-refractivity contribution is -0.0313. The lowest BCUT2D eigenvalue weighted by atomic mass is 9.95. The summed E-state index contributed by atoms with van der Waals surface area (Å²) < 4.78 is 34.6. The van der Waals surface area contributed by atoms with Gasteiger partial charge in [-0.3, -0.25) is 4.68 Å². The summed E-state index contributed by atoms with van der Waals surface area (Å²) in [5, 5.41) is 14.4. The summed E-state index contributed by atoms with van der Waals surface area (Å²) in [6.07, 6.45) is 6.10. The average Bonchev–Trinajstić information content (AvgIpc) is 3.66. The van der Waals surface area contributed by atoms with Gasteiger partial charge in [-0.15, -0.1) is 0 Å². The van der Waals surface area contributed by atoms with Crippen LogP contribution in [-0.4, -0.2) is 25.6 Å². The molecule has 0 saturated heterocycles. The van der Waals surface area contributed by atoms with Gasteiger partial charge in [-0.1, -0.05) is 42.2 Å². The molecule has 2 aliphatic rings. The summed E-state index contributed by atoms with van der Waals surface area (Å²) in [6.45, 7) is 3.95. The second-order valence-corrected chi connectivity index (χ2v) is 9.50. The lowest BCUT2D eigenvalue weighted by Gasteiger charge is -2.15. The molecule has 3 heterocycles. The van der Waals surface area contributed by atoms with Crippen molar-refractivity contribution in [2.75, 3.05) is 0 Å². The Morgan fingerprint density at radius 3 is 2.63 bits per heavy atom. The van der Waals surface area contributed by atoms with Crippen LogP contribution in [0.1, 0.15) is 69.1 Å². The van der Waals surface area contributed by atoms with Gasteiger partial charge in [0, 0.05) is 22.9 Å². The van der Waals surface area contributed by atoms with Crippen LogP contribution in [0.25, 0.3) is 22.3 Å². The van der Waals surface area contributed by atoms with E-state index in [0.29, 0.717) is 18.0 Å². The molecule has 1 aliphatic heterocycles. The number of nitrogens with zero attached hydrogens (tertiary/aromatic N) is 5. The highest BCUT2D eigenvalue weighted by Crippen LogP contribution is 2.38. The highest BCUT2D eigenvalue weighted by Gasteiger charge is 2.42. The zero-order valence-electron chi connectivity index (χ0n) is 19.6. The van der Waals surface area contributed by atoms with E-state index in [1.165, 1.54) is 24.3 Å². The lowest BCUT2D eigenvalue weighted by Crippen LogP contribution is -2.22. The van der Waals surface area contributed by atoms with E-state index < -0.39 is 17.2 Å². The molecule has 35 heavy (non-hydrogen) atoms. The van der Waals surface area contributed by atoms with Crippen molar-refractivity contribution in [2.24, 2.45) is 5.16 Å². The summed E-state index contributed by atoms with van der Waals surface area (Å²) in [5.74, 6) is -1.52. The third kappa shape index (κ3) is 3.69. The molecule has 1 aliphatic carbocycles. The molecule has 0 amide bonds. The largest absolute Gasteiger partial charge is 0.379 e. The summed E-state index contributed by atoms with van der Waals surface area (Å²) in [5.41, 5.74) is 3.33. The molecule has 1 atom stereocenters. The number of hydrogen-bond donors (Lipinski definition) is 0. The first-order chi connectivity index (χ1) is 16.9. The van der Waals surface area contributed by atoms with Gasteiger partial charge in [0.15, 0.2) is 11.6 Å². The Bertz CT molecular complexity index is 1450. The summed E-state index contributed by atoms with van der Waals surface area (Å²) in [6, 6.07) is 10.2. The van der Waals surface area contributed by atoms with Crippen LogP contribution in [0, 0.1) is 11.6 Å². The number of aryl methyl sites for hydroxylation is 1. The normalized spacial score (nSPS) is 20.5. The van der Waals surface area contributed by atoms with Gasteiger partial charge in [-0.2, -0.15) is 10.1 Å². The van der Waals surface area contributed by atoms with Crippen molar-refractivity contribution in [3.63, 3.8) is 0 Å². The van der Waals surface area contributed by atoms with Crippen LogP contribution in [0.5, 0.6) is 0 Å². The van der Waals surface area contributed by atoms with E-state index in [4.69, 9.17) is 14.5 Å². The van der Waals surface area contributed by atoms with E-state index in [0.717, 1.165) is 53.9 Å². The van der Waals surface area contributed by atoms with E-state index in [9.17, 15) is 8.78 Å². The third-order valence-corrected chi connectivity index (χ3v) is 7.04. The first-order valence-corrected chi connectivity index (χ1v) is 12.0. The maximum Gasteiger partial charge on any atom is 0.274 e. The van der Waals surface area contributed by atoms with E-state index in [2.05, 4.69) is 45.1 Å². The van der Waals surface area contributed by atoms with Gasteiger partial charge in [0.25, 0.3) is 5.89 Å². The van der Waals surface area contributed by atoms with Gasteiger partial charge in [0.1, 0.15) is 0 Å². The Morgan fingerprint density at radius 2 is 1.86 bits per heavy atom. The second kappa shape index (κ2) is 8.25. The Labute approximate surface area is 200 Å². The quantitative estimate of drug-likeness (QED) is 0.348. The third-order valence-electron chi connectivity index (χ3n) is 7.04. The Balaban J connectivity index is 1.28. The number of benzene rings is 2. The van der Waals surface area contributed by atoms with Crippen LogP contribution >= 0.6 is 0 Å². The Morgan fingerprint density at radius 1 is 1.06 bits per heavy atom. The van der Waals surface area contributed by atoms with Crippen LogP contribution in [-0.2, 0) is 16.9 Å². The molecular weight excluding hydrogens is 452 g/mol. The smallest absolute Gasteiger partial charge is 0.274 e. The fourth-order valence-corrected chi connectivity index (χ4v) is 5.07. The molecule has 2 aromatic heterocycles. The maximum atomic E-state index is 13.6. The molecular formula is C26H25F2N5O2. The minimum absolute atomic E-state index is 0.158. The number of hydrogen-bond acceptors (Lipinski definition) is 6. The topological polar surface area (TPSA) is 78.3 Å². The number of fused-ring (bicyclic) bond motifs is 1. The van der Waals surface area contributed by atoms with Gasteiger partial charge >= 0.3 is 0 Å². The number of halogens is 2. The fraction of sp³-hybridized carbons (Fsp3) is 0.385. The zero-order valence-corrected chi connectivity index (χ0v) is 19.6. The van der Waals surface area contributed by atoms with Crippen molar-refractivity contribution < 1.29 is 18.1 Å². The molecule has 0 spiro atoms. The van der Waals surface area contributed by atoms with Crippen molar-refractivity contribution in [3.8, 4) is 11.4 Å². The number of oxime groups is 1. The van der Waals surface area contributed by atoms with E-state index in [1.54, 1.807) is 0 Å². The van der Waals surface area contributed by atoms with Gasteiger partial charge in [-0.25, -0.2) is 8.78 Å². The summed E-state index contributed by atoms with van der Waals surface area (Å²) >= 11 is 0. The standard InChI is InChI=1S/C26H25F2N5O2/c1-3-21-18-10-8-15(13-23(18)33(30-21)17-6-4-5-7-17)22-14-26(2,35-31-22)25-29-24(32-34-25)16-9-11-19(27)20(28)12-16/h8-13,17H,3-7,14H2,1-2H3. The molecule has 9 heteroatoms. The van der Waals surface area contributed by atoms with Crippen LogP contribution in [0.15, 0.2) is 46.1 Å². The molecule has 1 unspecified atom stereocenters. The Hall–Kier alpha value is -3.62. The van der Waals surface area contributed by atoms with Crippen molar-refractivity contribution in [3.05, 3.63) is 65.2 Å².